The Morgan fingerprint density at radius 1 is 0.451 bits per heavy atom. The van der Waals surface area contributed by atoms with Gasteiger partial charge in [0.15, 0.2) is 24.6 Å². The monoisotopic (exact) mass is 1010 g/mol. The maximum atomic E-state index is 13.1. The number of ether oxygens (including phenoxy) is 5. The molecule has 71 heavy (non-hydrogen) atoms. The third-order valence-electron chi connectivity index (χ3n) is 13.5. The molecule has 0 amide bonds. The number of allylic oxidation sites excluding steroid dienone is 4. The Morgan fingerprint density at radius 3 is 1.25 bits per heavy atom. The quantitative estimate of drug-likeness (QED) is 0.0228. The maximum Gasteiger partial charge on any atom is 0.335 e. The van der Waals surface area contributed by atoms with E-state index in [1.54, 1.807) is 0 Å². The summed E-state index contributed by atoms with van der Waals surface area (Å²) in [6, 6.07) is 0. The first kappa shape index (κ1) is 66.2. The van der Waals surface area contributed by atoms with Crippen molar-refractivity contribution in [1.82, 2.24) is 0 Å². The minimum absolute atomic E-state index is 0.0528. The second-order valence-corrected chi connectivity index (χ2v) is 20.3. The lowest BCUT2D eigenvalue weighted by Crippen LogP contribution is -2.61. The molecule has 1 heterocycles. The average molecular weight is 1010 g/mol. The first-order valence-electron chi connectivity index (χ1n) is 29.3. The number of unbranched alkanes of at least 4 members (excludes halogenated alkanes) is 32. The molecular weight excluding hydrogens is 901 g/mol. The van der Waals surface area contributed by atoms with Gasteiger partial charge in [0.05, 0.1) is 6.61 Å². The summed E-state index contributed by atoms with van der Waals surface area (Å²) in [6.45, 7) is 5.94. The van der Waals surface area contributed by atoms with Gasteiger partial charge in [-0.15, -0.1) is 0 Å². The normalized spacial score (nSPS) is 18.6. The van der Waals surface area contributed by atoms with Crippen LogP contribution in [0.4, 0.5) is 0 Å². The van der Waals surface area contributed by atoms with Crippen LogP contribution in [0.3, 0.4) is 0 Å². The topological polar surface area (TPSA) is 175 Å². The van der Waals surface area contributed by atoms with E-state index in [4.69, 9.17) is 23.7 Å². The van der Waals surface area contributed by atoms with Gasteiger partial charge in [0.1, 0.15) is 18.8 Å². The Hall–Kier alpha value is -2.80. The van der Waals surface area contributed by atoms with Crippen molar-refractivity contribution in [3.63, 3.8) is 0 Å². The maximum absolute atomic E-state index is 13.1. The fourth-order valence-electron chi connectivity index (χ4n) is 8.93. The summed E-state index contributed by atoms with van der Waals surface area (Å²) < 4.78 is 28.4. The zero-order valence-electron chi connectivity index (χ0n) is 45.5. The fraction of sp³-hybridized carbons (Fsp3) is 0.864. The van der Waals surface area contributed by atoms with Crippen LogP contribution in [-0.2, 0) is 42.9 Å². The Kier molecular flexibility index (Phi) is 44.9. The van der Waals surface area contributed by atoms with Crippen LogP contribution in [0.25, 0.3) is 0 Å². The van der Waals surface area contributed by atoms with E-state index in [0.29, 0.717) is 19.3 Å². The van der Waals surface area contributed by atoms with Crippen LogP contribution in [0.2, 0.25) is 0 Å². The Morgan fingerprint density at radius 2 is 0.817 bits per heavy atom. The number of carboxylic acids is 1. The summed E-state index contributed by atoms with van der Waals surface area (Å²) >= 11 is 0. The summed E-state index contributed by atoms with van der Waals surface area (Å²) in [5.74, 6) is -3.12. The van der Waals surface area contributed by atoms with Crippen LogP contribution in [0.5, 0.6) is 0 Å². The zero-order chi connectivity index (χ0) is 51.8. The lowest BCUT2D eigenvalue weighted by molar-refractivity contribution is -0.301. The van der Waals surface area contributed by atoms with Crippen molar-refractivity contribution in [3.05, 3.63) is 24.3 Å². The highest BCUT2D eigenvalue weighted by Gasteiger charge is 2.50. The summed E-state index contributed by atoms with van der Waals surface area (Å²) in [5, 5.41) is 31.4. The second-order valence-electron chi connectivity index (χ2n) is 20.3. The SMILES string of the molecule is CCCC/C=C\CCCCCCCC(=O)OC1C(OCC(COC(=O)CCCCCCCCCCCCCCCCCCC)OC(=O)CCCCCCC/C=C\CCCCCC)OC(C(=O)O)C(O)C1O. The highest BCUT2D eigenvalue weighted by atomic mass is 16.7. The van der Waals surface area contributed by atoms with Crippen molar-refractivity contribution < 1.29 is 58.2 Å². The molecule has 0 bridgehead atoms. The molecule has 0 spiro atoms. The Bertz CT molecular complexity index is 1340. The van der Waals surface area contributed by atoms with Gasteiger partial charge in [-0.2, -0.15) is 0 Å². The molecular formula is C59H106O12. The lowest BCUT2D eigenvalue weighted by Gasteiger charge is -2.40. The third-order valence-corrected chi connectivity index (χ3v) is 13.5. The van der Waals surface area contributed by atoms with Gasteiger partial charge < -0.3 is 39.0 Å². The minimum Gasteiger partial charge on any atom is -0.479 e. The van der Waals surface area contributed by atoms with E-state index < -0.39 is 67.3 Å². The highest BCUT2D eigenvalue weighted by molar-refractivity contribution is 5.74. The molecule has 1 aliphatic rings. The van der Waals surface area contributed by atoms with E-state index in [1.807, 2.05) is 0 Å². The molecule has 1 fully saturated rings. The summed E-state index contributed by atoms with van der Waals surface area (Å²) in [7, 11) is 0. The molecule has 1 aliphatic heterocycles. The van der Waals surface area contributed by atoms with Crippen LogP contribution in [0.1, 0.15) is 278 Å². The van der Waals surface area contributed by atoms with Crippen LogP contribution in [-0.4, -0.2) is 89.2 Å². The molecule has 1 saturated heterocycles. The van der Waals surface area contributed by atoms with Crippen molar-refractivity contribution >= 4 is 23.9 Å². The minimum atomic E-state index is -1.90. The number of esters is 3. The van der Waals surface area contributed by atoms with Gasteiger partial charge in [-0.05, 0) is 64.2 Å². The summed E-state index contributed by atoms with van der Waals surface area (Å²) in [5.41, 5.74) is 0. The van der Waals surface area contributed by atoms with E-state index in [9.17, 15) is 34.5 Å². The van der Waals surface area contributed by atoms with E-state index in [1.165, 1.54) is 122 Å². The Labute approximate surface area is 432 Å². The predicted molar refractivity (Wildman–Crippen MR) is 285 cm³/mol. The van der Waals surface area contributed by atoms with Gasteiger partial charge >= 0.3 is 23.9 Å². The van der Waals surface area contributed by atoms with Crippen LogP contribution < -0.4 is 0 Å². The number of carbonyl (C=O) groups is 4. The largest absolute Gasteiger partial charge is 0.479 e. The van der Waals surface area contributed by atoms with Gasteiger partial charge in [0.25, 0.3) is 0 Å². The molecule has 414 valence electrons. The number of hydrogen-bond acceptors (Lipinski definition) is 11. The average Bonchev–Trinajstić information content (AvgIpc) is 3.35. The summed E-state index contributed by atoms with van der Waals surface area (Å²) in [4.78, 5) is 51.0. The van der Waals surface area contributed by atoms with Crippen molar-refractivity contribution in [2.75, 3.05) is 13.2 Å². The molecule has 0 aromatic heterocycles. The van der Waals surface area contributed by atoms with Crippen LogP contribution in [0, 0.1) is 0 Å². The van der Waals surface area contributed by atoms with Gasteiger partial charge in [-0.25, -0.2) is 4.79 Å². The molecule has 0 aromatic carbocycles. The van der Waals surface area contributed by atoms with Crippen molar-refractivity contribution in [1.29, 1.82) is 0 Å². The van der Waals surface area contributed by atoms with Crippen LogP contribution in [0.15, 0.2) is 24.3 Å². The second kappa shape index (κ2) is 48.2. The van der Waals surface area contributed by atoms with Gasteiger partial charge in [0, 0.05) is 19.3 Å². The predicted octanol–water partition coefficient (Wildman–Crippen LogP) is 14.7. The van der Waals surface area contributed by atoms with E-state index in [2.05, 4.69) is 45.1 Å². The molecule has 1 rings (SSSR count). The van der Waals surface area contributed by atoms with Gasteiger partial charge in [-0.1, -0.05) is 218 Å². The molecule has 6 atom stereocenters. The van der Waals surface area contributed by atoms with Gasteiger partial charge in [-0.3, -0.25) is 14.4 Å². The zero-order valence-corrected chi connectivity index (χ0v) is 45.5. The number of carboxylic acid groups (broad SMARTS) is 1. The third kappa shape index (κ3) is 38.4. The van der Waals surface area contributed by atoms with Crippen molar-refractivity contribution in [3.8, 4) is 0 Å². The first-order valence-corrected chi connectivity index (χ1v) is 29.3. The van der Waals surface area contributed by atoms with E-state index >= 15 is 0 Å². The van der Waals surface area contributed by atoms with Crippen molar-refractivity contribution in [2.45, 2.75) is 314 Å². The first-order chi connectivity index (χ1) is 34.6. The van der Waals surface area contributed by atoms with E-state index in [-0.39, 0.29) is 25.9 Å². The molecule has 0 saturated carbocycles. The molecule has 0 aliphatic carbocycles. The number of aliphatic hydroxyl groups excluding tert-OH is 2. The molecule has 0 radical (unpaired) electrons. The number of hydrogen-bond donors (Lipinski definition) is 3. The smallest absolute Gasteiger partial charge is 0.335 e. The molecule has 12 heteroatoms. The molecule has 0 aromatic rings. The van der Waals surface area contributed by atoms with Gasteiger partial charge in [0.2, 0.25) is 0 Å². The molecule has 6 unspecified atom stereocenters. The number of aliphatic hydroxyl groups is 2. The molecule has 3 N–H and O–H groups in total. The lowest BCUT2D eigenvalue weighted by atomic mass is 9.98. The highest BCUT2D eigenvalue weighted by Crippen LogP contribution is 2.26. The van der Waals surface area contributed by atoms with E-state index in [0.717, 1.165) is 96.3 Å². The number of carbonyl (C=O) groups excluding carboxylic acids is 3. The summed E-state index contributed by atoms with van der Waals surface area (Å²) in [6.07, 6.45) is 41.6. The standard InChI is InChI=1S/C59H106O12/c1-4-7-10-13-16-19-22-24-25-26-27-29-31-33-36-39-42-45-51(60)67-48-50(69-52(61)46-43-40-37-35-32-28-23-20-17-14-11-8-5-2)49-68-59-57(55(64)54(63)56(71-59)58(65)66)70-53(62)47-44-41-38-34-30-21-18-15-12-9-6-3/h15,18,20,23,50,54-57,59,63-64H,4-14,16-17,19,21-22,24-49H2,1-3H3,(H,65,66)/b18-15-,23-20-. The van der Waals surface area contributed by atoms with Crippen LogP contribution >= 0.6 is 0 Å². The molecule has 12 nitrogen and oxygen atoms in total. The van der Waals surface area contributed by atoms with Crippen molar-refractivity contribution in [2.24, 2.45) is 0 Å². The number of rotatable bonds is 50. The number of aliphatic carboxylic acids is 1. The Balaban J connectivity index is 2.67. The fourth-order valence-corrected chi connectivity index (χ4v) is 8.93.